The fourth-order valence-corrected chi connectivity index (χ4v) is 4.08. The van der Waals surface area contributed by atoms with E-state index >= 15 is 0 Å². The maximum Gasteiger partial charge on any atom is 0.224 e. The zero-order valence-electron chi connectivity index (χ0n) is 14.3. The van der Waals surface area contributed by atoms with Gasteiger partial charge in [0.1, 0.15) is 0 Å². The minimum Gasteiger partial charge on any atom is -0.340 e. The summed E-state index contributed by atoms with van der Waals surface area (Å²) in [6.45, 7) is 4.21. The molecule has 2 heterocycles. The Morgan fingerprint density at radius 1 is 1.08 bits per heavy atom. The number of rotatable bonds is 5. The highest BCUT2D eigenvalue weighted by Crippen LogP contribution is 2.23. The van der Waals surface area contributed by atoms with E-state index in [1.54, 1.807) is 11.3 Å². The molecule has 0 saturated carbocycles. The molecule has 3 rings (SSSR count). The number of hydrogen-bond donors (Lipinski definition) is 1. The molecule has 0 radical (unpaired) electrons. The number of carbonyl (C=O) groups excluding carboxylic acids is 1. The van der Waals surface area contributed by atoms with E-state index in [0.29, 0.717) is 6.42 Å². The summed E-state index contributed by atoms with van der Waals surface area (Å²) in [5, 5.41) is 0. The highest BCUT2D eigenvalue weighted by molar-refractivity contribution is 7.16. The van der Waals surface area contributed by atoms with E-state index in [0.717, 1.165) is 42.6 Å². The van der Waals surface area contributed by atoms with E-state index in [9.17, 15) is 4.79 Å². The van der Waals surface area contributed by atoms with Gasteiger partial charge in [-0.15, -0.1) is 36.2 Å². The van der Waals surface area contributed by atoms with Gasteiger partial charge >= 0.3 is 0 Å². The van der Waals surface area contributed by atoms with Crippen molar-refractivity contribution in [2.75, 3.05) is 26.2 Å². The van der Waals surface area contributed by atoms with Crippen LogP contribution in [0.5, 0.6) is 0 Å². The minimum absolute atomic E-state index is 0. The summed E-state index contributed by atoms with van der Waals surface area (Å²) in [4.78, 5) is 18.0. The van der Waals surface area contributed by atoms with Crippen molar-refractivity contribution in [1.82, 2.24) is 9.80 Å². The van der Waals surface area contributed by atoms with Gasteiger partial charge in [-0.05, 0) is 17.7 Å². The topological polar surface area (TPSA) is 49.6 Å². The molecule has 0 spiro atoms. The molecule has 1 saturated heterocycles. The monoisotopic (exact) mass is 435 g/mol. The molecule has 1 unspecified atom stereocenters. The predicted molar refractivity (Wildman–Crippen MR) is 114 cm³/mol. The summed E-state index contributed by atoms with van der Waals surface area (Å²) in [6, 6.07) is 13.6. The van der Waals surface area contributed by atoms with E-state index in [-0.39, 0.29) is 36.8 Å². The number of amides is 1. The number of hydrogen-bond acceptors (Lipinski definition) is 4. The van der Waals surface area contributed by atoms with E-state index in [2.05, 4.69) is 11.0 Å². The molecule has 1 aromatic heterocycles. The molecule has 0 aliphatic carbocycles. The maximum absolute atomic E-state index is 12.5. The quantitative estimate of drug-likeness (QED) is 0.771. The van der Waals surface area contributed by atoms with Crippen LogP contribution >= 0.6 is 47.8 Å². The summed E-state index contributed by atoms with van der Waals surface area (Å²) >= 11 is 7.60. The summed E-state index contributed by atoms with van der Waals surface area (Å²) in [5.41, 5.74) is 7.18. The van der Waals surface area contributed by atoms with Gasteiger partial charge in [0.2, 0.25) is 5.91 Å². The Hall–Kier alpha value is -0.820. The molecule has 1 aliphatic rings. The van der Waals surface area contributed by atoms with Crippen molar-refractivity contribution >= 4 is 53.7 Å². The van der Waals surface area contributed by atoms with Crippen molar-refractivity contribution in [1.29, 1.82) is 0 Å². The van der Waals surface area contributed by atoms with E-state index in [1.807, 2.05) is 41.3 Å². The van der Waals surface area contributed by atoms with Crippen molar-refractivity contribution < 1.29 is 4.79 Å². The summed E-state index contributed by atoms with van der Waals surface area (Å²) < 4.78 is 0.828. The Labute approximate surface area is 176 Å². The highest BCUT2D eigenvalue weighted by atomic mass is 35.5. The van der Waals surface area contributed by atoms with Gasteiger partial charge < -0.3 is 10.6 Å². The molecule has 144 valence electrons. The van der Waals surface area contributed by atoms with E-state index in [4.69, 9.17) is 17.3 Å². The second-order valence-electron chi connectivity index (χ2n) is 6.08. The van der Waals surface area contributed by atoms with Crippen LogP contribution in [-0.4, -0.2) is 41.9 Å². The number of nitrogens with zero attached hydrogens (tertiary/aromatic N) is 2. The average Bonchev–Trinajstić information content (AvgIpc) is 3.01. The van der Waals surface area contributed by atoms with Crippen LogP contribution in [0.1, 0.15) is 22.9 Å². The summed E-state index contributed by atoms with van der Waals surface area (Å²) in [7, 11) is 0. The van der Waals surface area contributed by atoms with Crippen LogP contribution in [0.4, 0.5) is 0 Å². The van der Waals surface area contributed by atoms with Gasteiger partial charge in [-0.2, -0.15) is 0 Å². The van der Waals surface area contributed by atoms with E-state index in [1.165, 1.54) is 4.88 Å². The van der Waals surface area contributed by atoms with Crippen molar-refractivity contribution in [2.45, 2.75) is 19.0 Å². The normalized spacial score (nSPS) is 15.7. The number of benzene rings is 1. The molecule has 26 heavy (non-hydrogen) atoms. The van der Waals surface area contributed by atoms with Crippen LogP contribution in [0.25, 0.3) is 0 Å². The first-order valence-corrected chi connectivity index (χ1v) is 9.36. The third-order valence-corrected chi connectivity index (χ3v) is 5.57. The predicted octanol–water partition coefficient (Wildman–Crippen LogP) is 3.98. The number of nitrogens with two attached hydrogens (primary N) is 1. The average molecular weight is 437 g/mol. The molecule has 0 bridgehead atoms. The Morgan fingerprint density at radius 3 is 2.31 bits per heavy atom. The molecular weight excluding hydrogens is 413 g/mol. The number of carbonyl (C=O) groups is 1. The van der Waals surface area contributed by atoms with Gasteiger partial charge in [0.15, 0.2) is 0 Å². The molecule has 1 aliphatic heterocycles. The van der Waals surface area contributed by atoms with Gasteiger partial charge in [-0.25, -0.2) is 0 Å². The number of thiophene rings is 1. The third-order valence-electron chi connectivity index (χ3n) is 4.36. The van der Waals surface area contributed by atoms with Crippen molar-refractivity contribution in [3.63, 3.8) is 0 Å². The van der Waals surface area contributed by atoms with Gasteiger partial charge in [0.25, 0.3) is 0 Å². The fourth-order valence-electron chi connectivity index (χ4n) is 2.95. The first kappa shape index (κ1) is 23.2. The van der Waals surface area contributed by atoms with Crippen molar-refractivity contribution in [2.24, 2.45) is 5.73 Å². The molecule has 1 amide bonds. The minimum atomic E-state index is -0.231. The molecule has 2 aromatic rings. The van der Waals surface area contributed by atoms with Crippen molar-refractivity contribution in [3.05, 3.63) is 57.2 Å². The number of piperazine rings is 1. The Morgan fingerprint density at radius 2 is 1.73 bits per heavy atom. The van der Waals surface area contributed by atoms with E-state index < -0.39 is 0 Å². The maximum atomic E-state index is 12.5. The Bertz CT molecular complexity index is 675. The fraction of sp³-hybridized carbons (Fsp3) is 0.389. The van der Waals surface area contributed by atoms with Gasteiger partial charge in [0, 0.05) is 50.1 Å². The van der Waals surface area contributed by atoms with Gasteiger partial charge in [-0.1, -0.05) is 41.9 Å². The standard InChI is InChI=1S/C18H22ClN3OS.2ClH/c19-17-7-6-15(24-17)13-21-8-10-22(11-9-21)18(23)12-16(20)14-4-2-1-3-5-14;;/h1-7,16H,8-13,20H2;2*1H. The zero-order chi connectivity index (χ0) is 16.9. The summed E-state index contributed by atoms with van der Waals surface area (Å²) in [5.74, 6) is 0.144. The Balaban J connectivity index is 0.00000169. The van der Waals surface area contributed by atoms with Gasteiger partial charge in [0.05, 0.1) is 4.34 Å². The third kappa shape index (κ3) is 6.41. The zero-order valence-corrected chi connectivity index (χ0v) is 17.5. The Kier molecular flexibility index (Phi) is 9.93. The highest BCUT2D eigenvalue weighted by Gasteiger charge is 2.23. The molecule has 2 N–H and O–H groups in total. The smallest absolute Gasteiger partial charge is 0.224 e. The van der Waals surface area contributed by atoms with Crippen LogP contribution < -0.4 is 5.73 Å². The van der Waals surface area contributed by atoms with Crippen LogP contribution in [0.15, 0.2) is 42.5 Å². The molecule has 8 heteroatoms. The lowest BCUT2D eigenvalue weighted by atomic mass is 10.0. The van der Waals surface area contributed by atoms with Crippen LogP contribution in [-0.2, 0) is 11.3 Å². The van der Waals surface area contributed by atoms with Crippen LogP contribution in [0, 0.1) is 0 Å². The second-order valence-corrected chi connectivity index (χ2v) is 7.88. The lowest BCUT2D eigenvalue weighted by molar-refractivity contribution is -0.133. The molecule has 1 aromatic carbocycles. The second kappa shape index (κ2) is 11.1. The van der Waals surface area contributed by atoms with Crippen LogP contribution in [0.2, 0.25) is 4.34 Å². The molecular formula is C18H24Cl3N3OS. The van der Waals surface area contributed by atoms with Crippen LogP contribution in [0.3, 0.4) is 0 Å². The lowest BCUT2D eigenvalue weighted by Gasteiger charge is -2.35. The molecule has 4 nitrogen and oxygen atoms in total. The molecule has 1 fully saturated rings. The lowest BCUT2D eigenvalue weighted by Crippen LogP contribution is -2.48. The molecule has 1 atom stereocenters. The summed E-state index contributed by atoms with van der Waals surface area (Å²) in [6.07, 6.45) is 0.366. The van der Waals surface area contributed by atoms with Crippen molar-refractivity contribution in [3.8, 4) is 0 Å². The SMILES string of the molecule is Cl.Cl.NC(CC(=O)N1CCN(Cc2ccc(Cl)s2)CC1)c1ccccc1. The number of halogens is 3. The van der Waals surface area contributed by atoms with Gasteiger partial charge in [-0.3, -0.25) is 9.69 Å². The largest absolute Gasteiger partial charge is 0.340 e. The first-order chi connectivity index (χ1) is 11.6. The first-order valence-electron chi connectivity index (χ1n) is 8.16.